The number of hydrogen-bond donors (Lipinski definition) is 1. The maximum Gasteiger partial charge on any atom is 0.341 e. The molecule has 0 saturated carbocycles. The van der Waals surface area contributed by atoms with Crippen LogP contribution in [0.1, 0.15) is 22.8 Å². The highest BCUT2D eigenvalue weighted by molar-refractivity contribution is 6.32. The standard InChI is InChI=1S/C19H17ClN4O5/c1-11(18(25)22-13-5-4-12(10-21)16(20)8-13)29-19(26)15-9-14(24(27)28)6-7-17(15)23(2)3/h4-9,11H,1-3H3,(H,22,25)/t11-/m1/s1. The van der Waals surface area contributed by atoms with Crippen molar-refractivity contribution in [2.75, 3.05) is 24.3 Å². The van der Waals surface area contributed by atoms with E-state index in [0.29, 0.717) is 11.4 Å². The highest BCUT2D eigenvalue weighted by Gasteiger charge is 2.24. The predicted octanol–water partition coefficient (Wildman–Crippen LogP) is 3.37. The van der Waals surface area contributed by atoms with E-state index in [1.54, 1.807) is 19.0 Å². The fourth-order valence-electron chi connectivity index (χ4n) is 2.40. The number of anilines is 2. The molecule has 0 unspecified atom stereocenters. The molecule has 0 aliphatic rings. The average Bonchev–Trinajstić information content (AvgIpc) is 2.67. The Kier molecular flexibility index (Phi) is 6.75. The van der Waals surface area contributed by atoms with Gasteiger partial charge in [-0.2, -0.15) is 5.26 Å². The Morgan fingerprint density at radius 3 is 2.52 bits per heavy atom. The molecule has 0 saturated heterocycles. The lowest BCUT2D eigenvalue weighted by Gasteiger charge is -2.18. The molecule has 1 atom stereocenters. The van der Waals surface area contributed by atoms with E-state index in [1.165, 1.54) is 37.3 Å². The first kappa shape index (κ1) is 21.7. The summed E-state index contributed by atoms with van der Waals surface area (Å²) in [7, 11) is 3.34. The van der Waals surface area contributed by atoms with Gasteiger partial charge >= 0.3 is 5.97 Å². The first-order valence-corrected chi connectivity index (χ1v) is 8.69. The summed E-state index contributed by atoms with van der Waals surface area (Å²) in [4.78, 5) is 36.9. The summed E-state index contributed by atoms with van der Waals surface area (Å²) >= 11 is 5.93. The number of carbonyl (C=O) groups is 2. The van der Waals surface area contributed by atoms with Crippen molar-refractivity contribution in [3.05, 3.63) is 62.7 Å². The number of nitro groups is 1. The van der Waals surface area contributed by atoms with Gasteiger partial charge in [0.2, 0.25) is 0 Å². The van der Waals surface area contributed by atoms with E-state index >= 15 is 0 Å². The number of ether oxygens (including phenoxy) is 1. The molecular weight excluding hydrogens is 400 g/mol. The van der Waals surface area contributed by atoms with E-state index < -0.39 is 22.9 Å². The zero-order valence-electron chi connectivity index (χ0n) is 15.8. The Labute approximate surface area is 171 Å². The second kappa shape index (κ2) is 9.03. The molecule has 0 aromatic heterocycles. The minimum absolute atomic E-state index is 0.0368. The Hall–Kier alpha value is -3.64. The minimum atomic E-state index is -1.19. The molecule has 0 aliphatic heterocycles. The van der Waals surface area contributed by atoms with Gasteiger partial charge in [-0.1, -0.05) is 11.6 Å². The first-order valence-electron chi connectivity index (χ1n) is 8.31. The molecule has 10 heteroatoms. The van der Waals surface area contributed by atoms with E-state index in [0.717, 1.165) is 6.07 Å². The molecule has 0 radical (unpaired) electrons. The van der Waals surface area contributed by atoms with Crippen molar-refractivity contribution in [3.8, 4) is 6.07 Å². The molecule has 2 aromatic carbocycles. The highest BCUT2D eigenvalue weighted by Crippen LogP contribution is 2.25. The quantitative estimate of drug-likeness (QED) is 0.434. The van der Waals surface area contributed by atoms with Crippen molar-refractivity contribution >= 4 is 40.5 Å². The van der Waals surface area contributed by atoms with Gasteiger partial charge in [-0.3, -0.25) is 14.9 Å². The van der Waals surface area contributed by atoms with Gasteiger partial charge in [0.15, 0.2) is 6.10 Å². The van der Waals surface area contributed by atoms with Crippen LogP contribution in [-0.2, 0) is 9.53 Å². The summed E-state index contributed by atoms with van der Waals surface area (Å²) in [5, 5.41) is 22.6. The number of benzene rings is 2. The Balaban J connectivity index is 2.16. The van der Waals surface area contributed by atoms with Crippen LogP contribution >= 0.6 is 11.6 Å². The summed E-state index contributed by atoms with van der Waals surface area (Å²) in [6.07, 6.45) is -1.19. The number of nitrogens with zero attached hydrogens (tertiary/aromatic N) is 3. The van der Waals surface area contributed by atoms with Crippen molar-refractivity contribution in [2.24, 2.45) is 0 Å². The van der Waals surface area contributed by atoms with Crippen LogP contribution in [0.15, 0.2) is 36.4 Å². The van der Waals surface area contributed by atoms with Gasteiger partial charge in [0.1, 0.15) is 6.07 Å². The van der Waals surface area contributed by atoms with E-state index in [4.69, 9.17) is 21.6 Å². The third-order valence-corrected chi connectivity index (χ3v) is 4.22. The normalized spacial score (nSPS) is 11.1. The van der Waals surface area contributed by atoms with Gasteiger partial charge in [0, 0.05) is 31.9 Å². The van der Waals surface area contributed by atoms with Crippen LogP contribution in [-0.4, -0.2) is 37.0 Å². The molecule has 29 heavy (non-hydrogen) atoms. The number of carbonyl (C=O) groups excluding carboxylic acids is 2. The second-order valence-corrected chi connectivity index (χ2v) is 6.60. The number of nitriles is 1. The Morgan fingerprint density at radius 2 is 1.97 bits per heavy atom. The maximum absolute atomic E-state index is 12.5. The number of esters is 1. The van der Waals surface area contributed by atoms with Crippen molar-refractivity contribution in [1.29, 1.82) is 5.26 Å². The van der Waals surface area contributed by atoms with Gasteiger partial charge in [0.05, 0.1) is 26.8 Å². The lowest BCUT2D eigenvalue weighted by Crippen LogP contribution is -2.30. The molecule has 0 spiro atoms. The molecule has 2 aromatic rings. The molecule has 0 bridgehead atoms. The average molecular weight is 417 g/mol. The number of hydrogen-bond acceptors (Lipinski definition) is 7. The fraction of sp³-hybridized carbons (Fsp3) is 0.211. The fourth-order valence-corrected chi connectivity index (χ4v) is 2.62. The third kappa shape index (κ3) is 5.21. The van der Waals surface area contributed by atoms with Gasteiger partial charge < -0.3 is 15.0 Å². The van der Waals surface area contributed by atoms with Gasteiger partial charge in [-0.25, -0.2) is 4.79 Å². The molecule has 1 amide bonds. The number of nitro benzene ring substituents is 1. The van der Waals surface area contributed by atoms with Crippen LogP contribution in [0.2, 0.25) is 5.02 Å². The zero-order valence-corrected chi connectivity index (χ0v) is 16.6. The van der Waals surface area contributed by atoms with Crippen molar-refractivity contribution in [1.82, 2.24) is 0 Å². The summed E-state index contributed by atoms with van der Waals surface area (Å²) in [5.41, 5.74) is 0.682. The van der Waals surface area contributed by atoms with Gasteiger partial charge in [-0.15, -0.1) is 0 Å². The molecule has 0 fully saturated rings. The van der Waals surface area contributed by atoms with Crippen LogP contribution in [0.4, 0.5) is 17.1 Å². The van der Waals surface area contributed by atoms with E-state index in [2.05, 4.69) is 5.32 Å². The second-order valence-electron chi connectivity index (χ2n) is 6.20. The largest absolute Gasteiger partial charge is 0.449 e. The predicted molar refractivity (Wildman–Crippen MR) is 107 cm³/mol. The van der Waals surface area contributed by atoms with Crippen molar-refractivity contribution < 1.29 is 19.2 Å². The molecular formula is C19H17ClN4O5. The van der Waals surface area contributed by atoms with Crippen LogP contribution in [0.5, 0.6) is 0 Å². The lowest BCUT2D eigenvalue weighted by molar-refractivity contribution is -0.384. The smallest absolute Gasteiger partial charge is 0.341 e. The van der Waals surface area contributed by atoms with Crippen molar-refractivity contribution in [2.45, 2.75) is 13.0 Å². The Morgan fingerprint density at radius 1 is 1.28 bits per heavy atom. The van der Waals surface area contributed by atoms with Crippen LogP contribution in [0.3, 0.4) is 0 Å². The topological polar surface area (TPSA) is 126 Å². The summed E-state index contributed by atoms with van der Waals surface area (Å²) in [6.45, 7) is 1.37. The monoisotopic (exact) mass is 416 g/mol. The van der Waals surface area contributed by atoms with Crippen LogP contribution in [0, 0.1) is 21.4 Å². The number of nitrogens with one attached hydrogen (secondary N) is 1. The zero-order chi connectivity index (χ0) is 21.7. The van der Waals surface area contributed by atoms with Crippen LogP contribution in [0.25, 0.3) is 0 Å². The number of amides is 1. The lowest BCUT2D eigenvalue weighted by atomic mass is 10.1. The van der Waals surface area contributed by atoms with E-state index in [9.17, 15) is 19.7 Å². The van der Waals surface area contributed by atoms with E-state index in [1.807, 2.05) is 6.07 Å². The minimum Gasteiger partial charge on any atom is -0.449 e. The summed E-state index contributed by atoms with van der Waals surface area (Å²) in [6, 6.07) is 10.0. The highest BCUT2D eigenvalue weighted by atomic mass is 35.5. The van der Waals surface area contributed by atoms with Crippen molar-refractivity contribution in [3.63, 3.8) is 0 Å². The number of non-ortho nitro benzene ring substituents is 1. The molecule has 9 nitrogen and oxygen atoms in total. The molecule has 150 valence electrons. The van der Waals surface area contributed by atoms with Gasteiger partial charge in [0.25, 0.3) is 11.6 Å². The number of rotatable bonds is 6. The first-order chi connectivity index (χ1) is 13.6. The summed E-state index contributed by atoms with van der Waals surface area (Å²) < 4.78 is 5.19. The molecule has 0 aliphatic carbocycles. The SMILES string of the molecule is C[C@@H](OC(=O)c1cc([N+](=O)[O-])ccc1N(C)C)C(=O)Nc1ccc(C#N)c(Cl)c1. The molecule has 0 heterocycles. The van der Waals surface area contributed by atoms with Crippen LogP contribution < -0.4 is 10.2 Å². The van der Waals surface area contributed by atoms with Gasteiger partial charge in [-0.05, 0) is 31.2 Å². The maximum atomic E-state index is 12.5. The number of halogens is 1. The Bertz CT molecular complexity index is 1020. The third-order valence-electron chi connectivity index (χ3n) is 3.90. The summed E-state index contributed by atoms with van der Waals surface area (Å²) in [5.74, 6) is -1.51. The molecule has 2 rings (SSSR count). The molecule has 1 N–H and O–H groups in total. The van der Waals surface area contributed by atoms with E-state index in [-0.39, 0.29) is 21.8 Å².